The van der Waals surface area contributed by atoms with Crippen molar-refractivity contribution in [2.45, 2.75) is 52.4 Å². The van der Waals surface area contributed by atoms with Crippen LogP contribution in [0.15, 0.2) is 73.1 Å². The molecule has 4 rings (SSSR count). The maximum Gasteiger partial charge on any atom is 0.0704 e. The van der Waals surface area contributed by atoms with Gasteiger partial charge in [0.25, 0.3) is 0 Å². The first-order valence-electron chi connectivity index (χ1n) is 9.86. The average molecular weight is 371 g/mol. The largest absolute Gasteiger partial charge is 0.256 e. The quantitative estimate of drug-likeness (QED) is 0.331. The average Bonchev–Trinajstić information content (AvgIpc) is 2.66. The van der Waals surface area contributed by atoms with Crippen molar-refractivity contribution in [1.29, 1.82) is 0 Å². The van der Waals surface area contributed by atoms with E-state index in [0.717, 1.165) is 11.0 Å². The molecule has 2 aromatic heterocycles. The van der Waals surface area contributed by atoms with Gasteiger partial charge in [-0.25, -0.2) is 0 Å². The molecule has 0 unspecified atom stereocenters. The van der Waals surface area contributed by atoms with E-state index in [4.69, 9.17) is 0 Å². The zero-order chi connectivity index (χ0) is 20.4. The van der Waals surface area contributed by atoms with E-state index in [0.29, 0.717) is 0 Å². The molecule has 0 saturated carbocycles. The molecule has 0 bridgehead atoms. The second-order valence-corrected chi connectivity index (χ2v) is 9.29. The van der Waals surface area contributed by atoms with Gasteiger partial charge in [-0.2, -0.15) is 0 Å². The lowest BCUT2D eigenvalue weighted by Crippen LogP contribution is -2.11. The molecule has 0 fully saturated rings. The molecule has 0 saturated heterocycles. The molecule has 2 nitrogen and oxygen atoms in total. The van der Waals surface area contributed by atoms with Crippen LogP contribution in [0.1, 0.15) is 52.7 Å². The smallest absolute Gasteiger partial charge is 0.0704 e. The molecule has 0 aliphatic heterocycles. The zero-order valence-corrected chi connectivity index (χ0v) is 17.8. The van der Waals surface area contributed by atoms with Crippen LogP contribution in [0.5, 0.6) is 0 Å². The molecule has 0 radical (unpaired) electrons. The van der Waals surface area contributed by atoms with E-state index in [1.807, 2.05) is 24.5 Å². The summed E-state index contributed by atoms with van der Waals surface area (Å²) in [6, 6.07) is 21.0. The van der Waals surface area contributed by atoms with E-state index < -0.39 is 0 Å². The van der Waals surface area contributed by atoms with Crippen LogP contribution in [0.2, 0.25) is 0 Å². The fraction of sp³-hybridized carbons (Fsp3) is 0.308. The predicted molar refractivity (Wildman–Crippen MR) is 121 cm³/mol. The van der Waals surface area contributed by atoms with Gasteiger partial charge in [-0.1, -0.05) is 77.9 Å². The van der Waals surface area contributed by atoms with Crippen LogP contribution in [0, 0.1) is 0 Å². The molecule has 0 aliphatic carbocycles. The van der Waals surface area contributed by atoms with Crippen LogP contribution < -0.4 is 0 Å². The minimum atomic E-state index is 0.183. The summed E-state index contributed by atoms with van der Waals surface area (Å²) in [4.78, 5) is 8.71. The van der Waals surface area contributed by atoms with Gasteiger partial charge in [-0.15, -0.1) is 0 Å². The highest BCUT2D eigenvalue weighted by molar-refractivity contribution is 5.83. The molecule has 0 atom stereocenters. The summed E-state index contributed by atoms with van der Waals surface area (Å²) in [7, 11) is 0. The van der Waals surface area contributed by atoms with Crippen molar-refractivity contribution in [2.24, 2.45) is 0 Å². The highest BCUT2D eigenvalue weighted by atomic mass is 14.6. The van der Waals surface area contributed by atoms with E-state index in [1.165, 1.54) is 21.9 Å². The van der Waals surface area contributed by atoms with Gasteiger partial charge in [0.1, 0.15) is 0 Å². The molecule has 4 aromatic rings. The maximum absolute atomic E-state index is 4.36. The minimum Gasteiger partial charge on any atom is -0.256 e. The monoisotopic (exact) mass is 370 g/mol. The molecule has 2 heterocycles. The SMILES string of the molecule is CC(C)(C)c1ccc2cccnc2c1.CC(C)(C)c1cccc2ncccc12. The normalized spacial score (nSPS) is 11.9. The van der Waals surface area contributed by atoms with Gasteiger partial charge < -0.3 is 0 Å². The Labute approximate surface area is 168 Å². The lowest BCUT2D eigenvalue weighted by atomic mass is 9.84. The van der Waals surface area contributed by atoms with Gasteiger partial charge in [0.05, 0.1) is 11.0 Å². The molecule has 0 spiro atoms. The standard InChI is InChI=1S/2C13H15N/c1-13(2,3)11-7-4-8-12-10(11)6-5-9-14-12;1-13(2,3)11-7-6-10-5-4-8-14-12(10)9-11/h2*4-9H,1-3H3. The number of hydrogen-bond acceptors (Lipinski definition) is 2. The van der Waals surface area contributed by atoms with Crippen molar-refractivity contribution in [3.8, 4) is 0 Å². The van der Waals surface area contributed by atoms with E-state index >= 15 is 0 Å². The van der Waals surface area contributed by atoms with Crippen molar-refractivity contribution in [1.82, 2.24) is 9.97 Å². The third kappa shape index (κ3) is 4.56. The summed E-state index contributed by atoms with van der Waals surface area (Å²) >= 11 is 0. The molecule has 2 aromatic carbocycles. The van der Waals surface area contributed by atoms with Crippen molar-refractivity contribution in [2.75, 3.05) is 0 Å². The first-order valence-corrected chi connectivity index (χ1v) is 9.86. The van der Waals surface area contributed by atoms with Gasteiger partial charge >= 0.3 is 0 Å². The molecule has 144 valence electrons. The van der Waals surface area contributed by atoms with Gasteiger partial charge in [-0.3, -0.25) is 9.97 Å². The summed E-state index contributed by atoms with van der Waals surface area (Å²) < 4.78 is 0. The highest BCUT2D eigenvalue weighted by Crippen LogP contribution is 2.28. The van der Waals surface area contributed by atoms with Crippen molar-refractivity contribution in [3.05, 3.63) is 84.2 Å². The van der Waals surface area contributed by atoms with Crippen LogP contribution in [0.4, 0.5) is 0 Å². The first-order chi connectivity index (χ1) is 13.2. The Morgan fingerprint density at radius 1 is 0.607 bits per heavy atom. The second kappa shape index (κ2) is 7.71. The summed E-state index contributed by atoms with van der Waals surface area (Å²) in [6.07, 6.45) is 3.68. The summed E-state index contributed by atoms with van der Waals surface area (Å²) in [5.41, 5.74) is 5.25. The molecular formula is C26H30N2. The van der Waals surface area contributed by atoms with E-state index in [1.54, 1.807) is 0 Å². The Morgan fingerprint density at radius 3 is 1.96 bits per heavy atom. The number of rotatable bonds is 0. The van der Waals surface area contributed by atoms with E-state index in [-0.39, 0.29) is 10.8 Å². The first kappa shape index (κ1) is 20.0. The van der Waals surface area contributed by atoms with Crippen LogP contribution in [-0.4, -0.2) is 9.97 Å². The molecule has 0 aliphatic rings. The lowest BCUT2D eigenvalue weighted by molar-refractivity contribution is 0.591. The van der Waals surface area contributed by atoms with Crippen LogP contribution in [0.25, 0.3) is 21.8 Å². The molecule has 0 N–H and O–H groups in total. The molecular weight excluding hydrogens is 340 g/mol. The Balaban J connectivity index is 0.000000161. The van der Waals surface area contributed by atoms with Gasteiger partial charge in [0.15, 0.2) is 0 Å². The predicted octanol–water partition coefficient (Wildman–Crippen LogP) is 7.06. The fourth-order valence-electron chi connectivity index (χ4n) is 3.29. The molecule has 0 amide bonds. The topological polar surface area (TPSA) is 25.8 Å². The number of fused-ring (bicyclic) bond motifs is 2. The van der Waals surface area contributed by atoms with Crippen LogP contribution in [-0.2, 0) is 10.8 Å². The Kier molecular flexibility index (Phi) is 5.51. The van der Waals surface area contributed by atoms with Crippen molar-refractivity contribution in [3.63, 3.8) is 0 Å². The zero-order valence-electron chi connectivity index (χ0n) is 17.8. The summed E-state index contributed by atoms with van der Waals surface area (Å²) in [5.74, 6) is 0. The van der Waals surface area contributed by atoms with Crippen molar-refractivity contribution < 1.29 is 0 Å². The highest BCUT2D eigenvalue weighted by Gasteiger charge is 2.16. The van der Waals surface area contributed by atoms with Gasteiger partial charge in [-0.05, 0) is 46.2 Å². The number of aromatic nitrogens is 2. The molecule has 2 heteroatoms. The van der Waals surface area contributed by atoms with Gasteiger partial charge in [0.2, 0.25) is 0 Å². The Hall–Kier alpha value is -2.74. The summed E-state index contributed by atoms with van der Waals surface area (Å²) in [5, 5.41) is 2.48. The maximum atomic E-state index is 4.36. The minimum absolute atomic E-state index is 0.183. The summed E-state index contributed by atoms with van der Waals surface area (Å²) in [6.45, 7) is 13.4. The number of pyridine rings is 2. The lowest BCUT2D eigenvalue weighted by Gasteiger charge is -2.20. The van der Waals surface area contributed by atoms with Crippen LogP contribution >= 0.6 is 0 Å². The molecule has 28 heavy (non-hydrogen) atoms. The number of hydrogen-bond donors (Lipinski definition) is 0. The number of benzene rings is 2. The van der Waals surface area contributed by atoms with Gasteiger partial charge in [0, 0.05) is 23.2 Å². The second-order valence-electron chi connectivity index (χ2n) is 9.29. The van der Waals surface area contributed by atoms with Crippen molar-refractivity contribution >= 4 is 21.8 Å². The third-order valence-corrected chi connectivity index (χ3v) is 4.93. The Bertz CT molecular complexity index is 1070. The van der Waals surface area contributed by atoms with E-state index in [2.05, 4.69) is 100 Å². The van der Waals surface area contributed by atoms with E-state index in [9.17, 15) is 0 Å². The van der Waals surface area contributed by atoms with Crippen LogP contribution in [0.3, 0.4) is 0 Å². The number of nitrogens with zero attached hydrogens (tertiary/aromatic N) is 2. The Morgan fingerprint density at radius 2 is 1.29 bits per heavy atom. The fourth-order valence-corrected chi connectivity index (χ4v) is 3.29. The third-order valence-electron chi connectivity index (χ3n) is 4.93.